The van der Waals surface area contributed by atoms with E-state index in [4.69, 9.17) is 5.73 Å². The molecule has 0 saturated carbocycles. The van der Waals surface area contributed by atoms with Crippen molar-refractivity contribution in [2.45, 2.75) is 0 Å². The average Bonchev–Trinajstić information content (AvgIpc) is 3.05. The summed E-state index contributed by atoms with van der Waals surface area (Å²) >= 11 is 0. The first-order chi connectivity index (χ1) is 13.5. The van der Waals surface area contributed by atoms with E-state index in [0.29, 0.717) is 16.8 Å². The highest BCUT2D eigenvalue weighted by molar-refractivity contribution is 6.05. The molecule has 0 aliphatic carbocycles. The van der Waals surface area contributed by atoms with Gasteiger partial charge < -0.3 is 15.6 Å². The molecule has 1 aromatic heterocycles. The van der Waals surface area contributed by atoms with E-state index < -0.39 is 5.91 Å². The Kier molecular flexibility index (Phi) is 4.37. The maximum atomic E-state index is 12.4. The third-order valence-corrected chi connectivity index (χ3v) is 4.62. The van der Waals surface area contributed by atoms with E-state index in [1.807, 2.05) is 60.1 Å². The lowest BCUT2D eigenvalue weighted by atomic mass is 10.1. The van der Waals surface area contributed by atoms with Crippen LogP contribution in [0.15, 0.2) is 72.8 Å². The Morgan fingerprint density at radius 3 is 2.18 bits per heavy atom. The summed E-state index contributed by atoms with van der Waals surface area (Å²) in [4.78, 5) is 28.2. The maximum Gasteiger partial charge on any atom is 0.255 e. The van der Waals surface area contributed by atoms with Crippen molar-refractivity contribution in [1.29, 1.82) is 0 Å². The number of para-hydroxylation sites is 2. The predicted octanol–water partition coefficient (Wildman–Crippen LogP) is 3.59. The van der Waals surface area contributed by atoms with Crippen molar-refractivity contribution >= 4 is 28.5 Å². The average molecular weight is 370 g/mol. The number of aryl methyl sites for hydroxylation is 1. The SMILES string of the molecule is Cn1c(-c2ccc(NC(=O)c3ccc(C(N)=O)cc3)cc2)nc2ccccc21. The first kappa shape index (κ1) is 17.5. The summed E-state index contributed by atoms with van der Waals surface area (Å²) in [5.74, 6) is 0.0807. The molecule has 4 aromatic rings. The molecular formula is C22H18N4O2. The zero-order valence-corrected chi connectivity index (χ0v) is 15.2. The van der Waals surface area contributed by atoms with Crippen molar-refractivity contribution < 1.29 is 9.59 Å². The van der Waals surface area contributed by atoms with E-state index in [2.05, 4.69) is 10.3 Å². The molecule has 3 N–H and O–H groups in total. The fourth-order valence-electron chi connectivity index (χ4n) is 3.10. The minimum absolute atomic E-state index is 0.258. The summed E-state index contributed by atoms with van der Waals surface area (Å²) in [6.45, 7) is 0. The van der Waals surface area contributed by atoms with Gasteiger partial charge in [0.1, 0.15) is 5.82 Å². The van der Waals surface area contributed by atoms with Crippen LogP contribution in [0.1, 0.15) is 20.7 Å². The van der Waals surface area contributed by atoms with Crippen molar-refractivity contribution in [1.82, 2.24) is 9.55 Å². The monoisotopic (exact) mass is 370 g/mol. The lowest BCUT2D eigenvalue weighted by Crippen LogP contribution is -2.14. The van der Waals surface area contributed by atoms with Crippen molar-refractivity contribution in [2.24, 2.45) is 12.8 Å². The van der Waals surface area contributed by atoms with E-state index in [-0.39, 0.29) is 5.91 Å². The molecule has 0 bridgehead atoms. The minimum Gasteiger partial charge on any atom is -0.366 e. The maximum absolute atomic E-state index is 12.4. The molecule has 0 aliphatic heterocycles. The summed E-state index contributed by atoms with van der Waals surface area (Å²) in [5, 5.41) is 2.84. The van der Waals surface area contributed by atoms with Crippen LogP contribution in [-0.4, -0.2) is 21.4 Å². The Bertz CT molecular complexity index is 1180. The van der Waals surface area contributed by atoms with Gasteiger partial charge in [-0.1, -0.05) is 12.1 Å². The number of carbonyl (C=O) groups is 2. The number of aromatic nitrogens is 2. The van der Waals surface area contributed by atoms with Gasteiger partial charge in [-0.15, -0.1) is 0 Å². The van der Waals surface area contributed by atoms with Crippen LogP contribution in [0, 0.1) is 0 Å². The number of anilines is 1. The van der Waals surface area contributed by atoms with E-state index >= 15 is 0 Å². The molecule has 0 radical (unpaired) electrons. The van der Waals surface area contributed by atoms with Crippen LogP contribution in [0.2, 0.25) is 0 Å². The van der Waals surface area contributed by atoms with Gasteiger partial charge in [-0.3, -0.25) is 9.59 Å². The fraction of sp³-hybridized carbons (Fsp3) is 0.0455. The van der Waals surface area contributed by atoms with Gasteiger partial charge in [-0.05, 0) is 60.7 Å². The highest BCUT2D eigenvalue weighted by Crippen LogP contribution is 2.25. The van der Waals surface area contributed by atoms with Gasteiger partial charge in [-0.25, -0.2) is 4.98 Å². The van der Waals surface area contributed by atoms with Crippen LogP contribution in [0.3, 0.4) is 0 Å². The standard InChI is InChI=1S/C22H18N4O2/c1-26-19-5-3-2-4-18(19)25-21(26)15-10-12-17(13-11-15)24-22(28)16-8-6-14(7-9-16)20(23)27/h2-13H,1H3,(H2,23,27)(H,24,28). The third kappa shape index (κ3) is 3.23. The topological polar surface area (TPSA) is 90.0 Å². The number of nitrogens with zero attached hydrogens (tertiary/aromatic N) is 2. The summed E-state index contributed by atoms with van der Waals surface area (Å²) < 4.78 is 2.04. The van der Waals surface area contributed by atoms with Gasteiger partial charge in [0.2, 0.25) is 5.91 Å². The summed E-state index contributed by atoms with van der Waals surface area (Å²) in [6, 6.07) is 21.7. The lowest BCUT2D eigenvalue weighted by Gasteiger charge is -2.07. The molecule has 0 unspecified atom stereocenters. The second-order valence-corrected chi connectivity index (χ2v) is 6.46. The Balaban J connectivity index is 1.53. The molecule has 0 aliphatic rings. The Labute approximate surface area is 161 Å². The molecule has 0 saturated heterocycles. The quantitative estimate of drug-likeness (QED) is 0.575. The number of fused-ring (bicyclic) bond motifs is 1. The third-order valence-electron chi connectivity index (χ3n) is 4.62. The second-order valence-electron chi connectivity index (χ2n) is 6.46. The van der Waals surface area contributed by atoms with Crippen molar-refractivity contribution in [2.75, 3.05) is 5.32 Å². The van der Waals surface area contributed by atoms with Crippen molar-refractivity contribution in [3.8, 4) is 11.4 Å². The molecule has 1 heterocycles. The van der Waals surface area contributed by atoms with Crippen LogP contribution < -0.4 is 11.1 Å². The van der Waals surface area contributed by atoms with Gasteiger partial charge in [0.25, 0.3) is 5.91 Å². The number of nitrogens with one attached hydrogen (secondary N) is 1. The number of imidazole rings is 1. The smallest absolute Gasteiger partial charge is 0.255 e. The molecule has 3 aromatic carbocycles. The Morgan fingerprint density at radius 1 is 0.893 bits per heavy atom. The molecule has 2 amide bonds. The van der Waals surface area contributed by atoms with Gasteiger partial charge >= 0.3 is 0 Å². The van der Waals surface area contributed by atoms with Crippen LogP contribution in [0.4, 0.5) is 5.69 Å². The van der Waals surface area contributed by atoms with Crippen molar-refractivity contribution in [3.05, 3.63) is 83.9 Å². The summed E-state index contributed by atoms with van der Waals surface area (Å²) in [6.07, 6.45) is 0. The largest absolute Gasteiger partial charge is 0.366 e. The van der Waals surface area contributed by atoms with Gasteiger partial charge in [0, 0.05) is 29.4 Å². The zero-order chi connectivity index (χ0) is 19.7. The normalized spacial score (nSPS) is 10.8. The van der Waals surface area contributed by atoms with E-state index in [1.54, 1.807) is 12.1 Å². The van der Waals surface area contributed by atoms with Gasteiger partial charge in [0.15, 0.2) is 0 Å². The number of rotatable bonds is 4. The lowest BCUT2D eigenvalue weighted by molar-refractivity contribution is 0.0995. The number of hydrogen-bond acceptors (Lipinski definition) is 3. The molecule has 4 rings (SSSR count). The number of hydrogen-bond donors (Lipinski definition) is 2. The second kappa shape index (κ2) is 7.00. The van der Waals surface area contributed by atoms with Crippen LogP contribution >= 0.6 is 0 Å². The van der Waals surface area contributed by atoms with Crippen LogP contribution in [0.5, 0.6) is 0 Å². The minimum atomic E-state index is -0.524. The van der Waals surface area contributed by atoms with Crippen LogP contribution in [0.25, 0.3) is 22.4 Å². The summed E-state index contributed by atoms with van der Waals surface area (Å²) in [5.41, 5.74) is 9.67. The molecule has 28 heavy (non-hydrogen) atoms. The molecule has 0 fully saturated rings. The number of primary amides is 1. The number of amides is 2. The molecule has 6 heteroatoms. The predicted molar refractivity (Wildman–Crippen MR) is 109 cm³/mol. The highest BCUT2D eigenvalue weighted by Gasteiger charge is 2.11. The van der Waals surface area contributed by atoms with Crippen LogP contribution in [-0.2, 0) is 7.05 Å². The first-order valence-corrected chi connectivity index (χ1v) is 8.76. The molecule has 0 spiro atoms. The molecular weight excluding hydrogens is 352 g/mol. The number of carbonyl (C=O) groups excluding carboxylic acids is 2. The first-order valence-electron chi connectivity index (χ1n) is 8.76. The van der Waals surface area contributed by atoms with Gasteiger partial charge in [-0.2, -0.15) is 0 Å². The Hall–Kier alpha value is -3.93. The van der Waals surface area contributed by atoms with E-state index in [1.165, 1.54) is 12.1 Å². The van der Waals surface area contributed by atoms with Gasteiger partial charge in [0.05, 0.1) is 11.0 Å². The Morgan fingerprint density at radius 2 is 1.54 bits per heavy atom. The number of nitrogens with two attached hydrogens (primary N) is 1. The zero-order valence-electron chi connectivity index (χ0n) is 15.2. The van der Waals surface area contributed by atoms with E-state index in [0.717, 1.165) is 22.4 Å². The fourth-order valence-corrected chi connectivity index (χ4v) is 3.10. The van der Waals surface area contributed by atoms with Crippen molar-refractivity contribution in [3.63, 3.8) is 0 Å². The highest BCUT2D eigenvalue weighted by atomic mass is 16.2. The molecule has 138 valence electrons. The number of benzene rings is 3. The summed E-state index contributed by atoms with van der Waals surface area (Å²) in [7, 11) is 1.98. The molecule has 6 nitrogen and oxygen atoms in total. The van der Waals surface area contributed by atoms with E-state index in [9.17, 15) is 9.59 Å². The molecule has 0 atom stereocenters.